The van der Waals surface area contributed by atoms with Gasteiger partial charge in [-0.1, -0.05) is 13.0 Å². The minimum absolute atomic E-state index is 0.0362. The Morgan fingerprint density at radius 3 is 3.00 bits per heavy atom. The lowest BCUT2D eigenvalue weighted by Gasteiger charge is -1.99. The third kappa shape index (κ3) is 2.52. The van der Waals surface area contributed by atoms with Crippen molar-refractivity contribution in [3.63, 3.8) is 0 Å². The van der Waals surface area contributed by atoms with Crippen molar-refractivity contribution in [1.82, 2.24) is 5.32 Å². The number of hydrogen-bond acceptors (Lipinski definition) is 3. The van der Waals surface area contributed by atoms with Crippen LogP contribution in [-0.4, -0.2) is 5.91 Å². The van der Waals surface area contributed by atoms with Gasteiger partial charge < -0.3 is 9.73 Å². The second kappa shape index (κ2) is 4.99. The molecule has 0 atom stereocenters. The van der Waals surface area contributed by atoms with E-state index in [9.17, 15) is 4.79 Å². The van der Waals surface area contributed by atoms with Crippen molar-refractivity contribution in [1.29, 1.82) is 0 Å². The number of rotatable bonds is 4. The monoisotopic (exact) mass is 235 g/mol. The van der Waals surface area contributed by atoms with Gasteiger partial charge in [-0.05, 0) is 23.6 Å². The molecule has 0 saturated carbocycles. The molecule has 0 bridgehead atoms. The summed E-state index contributed by atoms with van der Waals surface area (Å²) in [5, 5.41) is 4.79. The van der Waals surface area contributed by atoms with Crippen LogP contribution in [0.5, 0.6) is 0 Å². The number of carbonyl (C=O) groups excluding carboxylic acids is 1. The topological polar surface area (TPSA) is 42.2 Å². The van der Waals surface area contributed by atoms with E-state index >= 15 is 0 Å². The van der Waals surface area contributed by atoms with E-state index in [4.69, 9.17) is 4.42 Å². The molecule has 4 heteroatoms. The van der Waals surface area contributed by atoms with Crippen molar-refractivity contribution in [3.05, 3.63) is 35.4 Å². The van der Waals surface area contributed by atoms with Gasteiger partial charge in [0.15, 0.2) is 0 Å². The highest BCUT2D eigenvalue weighted by Crippen LogP contribution is 2.26. The maximum atomic E-state index is 11.1. The standard InChI is InChI=1S/C12H13NO2S/c1-2-12(14)13-8-9-5-6-10(15-9)11-4-3-7-16-11/h3-7H,2,8H2,1H3,(H,13,14). The van der Waals surface area contributed by atoms with Crippen LogP contribution in [0.15, 0.2) is 34.1 Å². The van der Waals surface area contributed by atoms with E-state index in [0.29, 0.717) is 13.0 Å². The van der Waals surface area contributed by atoms with Crippen LogP contribution in [0.25, 0.3) is 10.6 Å². The van der Waals surface area contributed by atoms with Gasteiger partial charge in [-0.15, -0.1) is 11.3 Å². The molecule has 1 N–H and O–H groups in total. The van der Waals surface area contributed by atoms with Gasteiger partial charge in [0.25, 0.3) is 0 Å². The van der Waals surface area contributed by atoms with E-state index in [-0.39, 0.29) is 5.91 Å². The van der Waals surface area contributed by atoms with Gasteiger partial charge in [0.1, 0.15) is 11.5 Å². The minimum Gasteiger partial charge on any atom is -0.458 e. The third-order valence-electron chi connectivity index (χ3n) is 2.21. The molecule has 0 saturated heterocycles. The minimum atomic E-state index is 0.0362. The summed E-state index contributed by atoms with van der Waals surface area (Å²) in [6, 6.07) is 7.82. The molecule has 2 heterocycles. The molecule has 0 spiro atoms. The molecule has 0 aliphatic heterocycles. The number of hydrogen-bond donors (Lipinski definition) is 1. The molecule has 1 amide bonds. The largest absolute Gasteiger partial charge is 0.458 e. The molecule has 0 aliphatic rings. The van der Waals surface area contributed by atoms with Crippen LogP contribution in [-0.2, 0) is 11.3 Å². The highest BCUT2D eigenvalue weighted by molar-refractivity contribution is 7.13. The number of carbonyl (C=O) groups is 1. The Hall–Kier alpha value is -1.55. The molecular weight excluding hydrogens is 222 g/mol. The van der Waals surface area contributed by atoms with Crippen LogP contribution in [0, 0.1) is 0 Å². The number of nitrogens with one attached hydrogen (secondary N) is 1. The summed E-state index contributed by atoms with van der Waals surface area (Å²) in [4.78, 5) is 12.2. The lowest BCUT2D eigenvalue weighted by molar-refractivity contribution is -0.121. The SMILES string of the molecule is CCC(=O)NCc1ccc(-c2cccs2)o1. The predicted octanol–water partition coefficient (Wildman–Crippen LogP) is 3.03. The normalized spacial score (nSPS) is 10.3. The number of thiophene rings is 1. The zero-order valence-corrected chi connectivity index (χ0v) is 9.84. The van der Waals surface area contributed by atoms with Crippen molar-refractivity contribution < 1.29 is 9.21 Å². The average Bonchev–Trinajstić information content (AvgIpc) is 2.95. The fourth-order valence-corrected chi connectivity index (χ4v) is 2.02. The van der Waals surface area contributed by atoms with Crippen LogP contribution in [0.4, 0.5) is 0 Å². The molecule has 0 unspecified atom stereocenters. The van der Waals surface area contributed by atoms with Crippen molar-refractivity contribution in [2.75, 3.05) is 0 Å². The summed E-state index contributed by atoms with van der Waals surface area (Å²) < 4.78 is 5.62. The highest BCUT2D eigenvalue weighted by atomic mass is 32.1. The maximum absolute atomic E-state index is 11.1. The molecule has 2 rings (SSSR count). The molecule has 0 fully saturated rings. The molecule has 0 aliphatic carbocycles. The summed E-state index contributed by atoms with van der Waals surface area (Å²) in [6.45, 7) is 2.28. The van der Waals surface area contributed by atoms with Gasteiger partial charge in [0, 0.05) is 6.42 Å². The molecular formula is C12H13NO2S. The van der Waals surface area contributed by atoms with Gasteiger partial charge in [0.05, 0.1) is 11.4 Å². The summed E-state index contributed by atoms with van der Waals surface area (Å²) in [5.74, 6) is 1.68. The first kappa shape index (κ1) is 11.0. The van der Waals surface area contributed by atoms with Gasteiger partial charge in [-0.3, -0.25) is 4.79 Å². The Kier molecular flexibility index (Phi) is 3.41. The van der Waals surface area contributed by atoms with Crippen molar-refractivity contribution in [3.8, 4) is 10.6 Å². The number of furan rings is 1. The second-order valence-corrected chi connectivity index (χ2v) is 4.32. The van der Waals surface area contributed by atoms with E-state index in [2.05, 4.69) is 5.32 Å². The van der Waals surface area contributed by atoms with E-state index < -0.39 is 0 Å². The quantitative estimate of drug-likeness (QED) is 0.885. The third-order valence-corrected chi connectivity index (χ3v) is 3.09. The molecule has 2 aromatic heterocycles. The zero-order chi connectivity index (χ0) is 11.4. The first-order chi connectivity index (χ1) is 7.79. The van der Waals surface area contributed by atoms with Gasteiger partial charge >= 0.3 is 0 Å². The molecule has 0 radical (unpaired) electrons. The molecule has 0 aromatic carbocycles. The summed E-state index contributed by atoms with van der Waals surface area (Å²) in [5.41, 5.74) is 0. The lowest BCUT2D eigenvalue weighted by atomic mass is 10.3. The first-order valence-corrected chi connectivity index (χ1v) is 6.07. The Labute approximate surface area is 98.1 Å². The summed E-state index contributed by atoms with van der Waals surface area (Å²) in [7, 11) is 0. The Balaban J connectivity index is 2.00. The van der Waals surface area contributed by atoms with E-state index in [1.165, 1.54) is 0 Å². The number of amides is 1. The van der Waals surface area contributed by atoms with Gasteiger partial charge in [0.2, 0.25) is 5.91 Å². The van der Waals surface area contributed by atoms with Crippen LogP contribution >= 0.6 is 11.3 Å². The van der Waals surface area contributed by atoms with Crippen molar-refractivity contribution in [2.24, 2.45) is 0 Å². The summed E-state index contributed by atoms with van der Waals surface area (Å²) >= 11 is 1.64. The van der Waals surface area contributed by atoms with Gasteiger partial charge in [-0.25, -0.2) is 0 Å². The Morgan fingerprint density at radius 2 is 2.31 bits per heavy atom. The molecule has 3 nitrogen and oxygen atoms in total. The van der Waals surface area contributed by atoms with Crippen molar-refractivity contribution >= 4 is 17.2 Å². The van der Waals surface area contributed by atoms with Crippen LogP contribution in [0.1, 0.15) is 19.1 Å². The van der Waals surface area contributed by atoms with E-state index in [0.717, 1.165) is 16.4 Å². The predicted molar refractivity (Wildman–Crippen MR) is 64.2 cm³/mol. The maximum Gasteiger partial charge on any atom is 0.220 e. The van der Waals surface area contributed by atoms with Crippen LogP contribution in [0.2, 0.25) is 0 Å². The van der Waals surface area contributed by atoms with E-state index in [1.807, 2.05) is 36.6 Å². The smallest absolute Gasteiger partial charge is 0.220 e. The fourth-order valence-electron chi connectivity index (χ4n) is 1.33. The van der Waals surface area contributed by atoms with Gasteiger partial charge in [-0.2, -0.15) is 0 Å². The molecule has 16 heavy (non-hydrogen) atoms. The Morgan fingerprint density at radius 1 is 1.44 bits per heavy atom. The highest BCUT2D eigenvalue weighted by Gasteiger charge is 2.06. The fraction of sp³-hybridized carbons (Fsp3) is 0.250. The first-order valence-electron chi connectivity index (χ1n) is 5.19. The Bertz CT molecular complexity index is 459. The van der Waals surface area contributed by atoms with Crippen LogP contribution < -0.4 is 5.32 Å². The zero-order valence-electron chi connectivity index (χ0n) is 9.03. The second-order valence-electron chi connectivity index (χ2n) is 3.37. The van der Waals surface area contributed by atoms with E-state index in [1.54, 1.807) is 11.3 Å². The summed E-state index contributed by atoms with van der Waals surface area (Å²) in [6.07, 6.45) is 0.499. The lowest BCUT2D eigenvalue weighted by Crippen LogP contribution is -2.20. The molecule has 84 valence electrons. The van der Waals surface area contributed by atoms with Crippen molar-refractivity contribution in [2.45, 2.75) is 19.9 Å². The molecule has 2 aromatic rings. The van der Waals surface area contributed by atoms with Crippen LogP contribution in [0.3, 0.4) is 0 Å². The average molecular weight is 235 g/mol.